The quantitative estimate of drug-likeness (QED) is 0.808. The van der Waals surface area contributed by atoms with Crippen molar-refractivity contribution in [3.63, 3.8) is 0 Å². The van der Waals surface area contributed by atoms with Gasteiger partial charge in [-0.05, 0) is 49.9 Å². The zero-order valence-electron chi connectivity index (χ0n) is 15.3. The van der Waals surface area contributed by atoms with Gasteiger partial charge in [0.15, 0.2) is 6.61 Å². The van der Waals surface area contributed by atoms with Crippen molar-refractivity contribution in [1.29, 1.82) is 0 Å². The zero-order chi connectivity index (χ0) is 18.1. The maximum absolute atomic E-state index is 12.4. The van der Waals surface area contributed by atoms with E-state index in [4.69, 9.17) is 4.74 Å². The number of carbonyl (C=O) groups is 1. The number of aromatic nitrogens is 2. The Hall–Kier alpha value is -2.15. The van der Waals surface area contributed by atoms with Crippen molar-refractivity contribution in [2.75, 3.05) is 37.7 Å². The van der Waals surface area contributed by atoms with Crippen molar-refractivity contribution < 1.29 is 9.53 Å². The number of hydrogen-bond acceptors (Lipinski definition) is 6. The Bertz CT molecular complexity index is 774. The van der Waals surface area contributed by atoms with Gasteiger partial charge in [0, 0.05) is 43.6 Å². The van der Waals surface area contributed by atoms with E-state index in [1.807, 2.05) is 30.9 Å². The minimum atomic E-state index is 0.0414. The SMILES string of the molecule is Cc1cc(C)cc(OCC(=O)N2CCN(c3nc(C4CC4)ns3)CC2)c1. The highest BCUT2D eigenvalue weighted by Gasteiger charge is 2.29. The molecule has 0 radical (unpaired) electrons. The number of hydrogen-bond donors (Lipinski definition) is 0. The van der Waals surface area contributed by atoms with Crippen LogP contribution in [0.2, 0.25) is 0 Å². The molecule has 2 aromatic rings. The first-order chi connectivity index (χ1) is 12.6. The molecule has 2 fully saturated rings. The summed E-state index contributed by atoms with van der Waals surface area (Å²) in [5.41, 5.74) is 2.28. The van der Waals surface area contributed by atoms with Crippen LogP contribution in [0.5, 0.6) is 5.75 Å². The number of amides is 1. The van der Waals surface area contributed by atoms with Crippen LogP contribution < -0.4 is 9.64 Å². The van der Waals surface area contributed by atoms with E-state index in [0.29, 0.717) is 19.0 Å². The fourth-order valence-corrected chi connectivity index (χ4v) is 4.06. The maximum Gasteiger partial charge on any atom is 0.260 e. The summed E-state index contributed by atoms with van der Waals surface area (Å²) in [6, 6.07) is 6.02. The van der Waals surface area contributed by atoms with Crippen LogP contribution in [0.3, 0.4) is 0 Å². The monoisotopic (exact) mass is 372 g/mol. The summed E-state index contributed by atoms with van der Waals surface area (Å²) in [5.74, 6) is 2.39. The smallest absolute Gasteiger partial charge is 0.260 e. The number of nitrogens with zero attached hydrogens (tertiary/aromatic N) is 4. The molecule has 1 saturated carbocycles. The van der Waals surface area contributed by atoms with Crippen molar-refractivity contribution in [2.45, 2.75) is 32.6 Å². The van der Waals surface area contributed by atoms with E-state index in [2.05, 4.69) is 20.3 Å². The van der Waals surface area contributed by atoms with Gasteiger partial charge in [0.05, 0.1) is 0 Å². The Morgan fingerprint density at radius 2 is 1.85 bits per heavy atom. The second kappa shape index (κ2) is 7.23. The molecule has 0 spiro atoms. The minimum absolute atomic E-state index is 0.0414. The molecule has 7 heteroatoms. The van der Waals surface area contributed by atoms with Crippen molar-refractivity contribution in [3.05, 3.63) is 35.2 Å². The molecule has 1 aromatic heterocycles. The number of piperazine rings is 1. The fourth-order valence-electron chi connectivity index (χ4n) is 3.26. The Morgan fingerprint density at radius 1 is 1.15 bits per heavy atom. The Kier molecular flexibility index (Phi) is 4.80. The van der Waals surface area contributed by atoms with Gasteiger partial charge < -0.3 is 14.5 Å². The highest BCUT2D eigenvalue weighted by Crippen LogP contribution is 2.39. The highest BCUT2D eigenvalue weighted by atomic mass is 32.1. The third kappa shape index (κ3) is 3.98. The molecule has 0 N–H and O–H groups in total. The molecule has 1 saturated heterocycles. The maximum atomic E-state index is 12.4. The molecule has 2 heterocycles. The number of ether oxygens (including phenoxy) is 1. The first kappa shape index (κ1) is 17.3. The predicted octanol–water partition coefficient (Wildman–Crippen LogP) is 2.76. The lowest BCUT2D eigenvalue weighted by Crippen LogP contribution is -2.50. The molecule has 0 bridgehead atoms. The van der Waals surface area contributed by atoms with Crippen LogP contribution in [0.4, 0.5) is 5.13 Å². The highest BCUT2D eigenvalue weighted by molar-refractivity contribution is 7.09. The average molecular weight is 372 g/mol. The van der Waals surface area contributed by atoms with Gasteiger partial charge in [-0.15, -0.1) is 0 Å². The van der Waals surface area contributed by atoms with Gasteiger partial charge in [-0.2, -0.15) is 4.37 Å². The first-order valence-electron chi connectivity index (χ1n) is 9.16. The third-order valence-corrected chi connectivity index (χ3v) is 5.63. The summed E-state index contributed by atoms with van der Waals surface area (Å²) in [7, 11) is 0. The fraction of sp³-hybridized carbons (Fsp3) is 0.526. The number of benzene rings is 1. The van der Waals surface area contributed by atoms with Gasteiger partial charge in [-0.1, -0.05) is 6.07 Å². The Labute approximate surface area is 158 Å². The average Bonchev–Trinajstić information content (AvgIpc) is 3.36. The van der Waals surface area contributed by atoms with E-state index in [1.54, 1.807) is 0 Å². The van der Waals surface area contributed by atoms with E-state index in [9.17, 15) is 4.79 Å². The van der Waals surface area contributed by atoms with Gasteiger partial charge in [0.1, 0.15) is 11.6 Å². The number of anilines is 1. The number of carbonyl (C=O) groups excluding carboxylic acids is 1. The molecule has 1 aliphatic heterocycles. The van der Waals surface area contributed by atoms with Crippen molar-refractivity contribution in [2.24, 2.45) is 0 Å². The van der Waals surface area contributed by atoms with Crippen LogP contribution in [0, 0.1) is 13.8 Å². The van der Waals surface area contributed by atoms with Gasteiger partial charge in [-0.3, -0.25) is 4.79 Å². The number of aryl methyl sites for hydroxylation is 2. The second-order valence-electron chi connectivity index (χ2n) is 7.19. The summed E-state index contributed by atoms with van der Waals surface area (Å²) >= 11 is 1.48. The van der Waals surface area contributed by atoms with E-state index < -0.39 is 0 Å². The summed E-state index contributed by atoms with van der Waals surface area (Å²) in [6.45, 7) is 7.16. The largest absolute Gasteiger partial charge is 0.484 e. The summed E-state index contributed by atoms with van der Waals surface area (Å²) in [6.07, 6.45) is 2.44. The summed E-state index contributed by atoms with van der Waals surface area (Å²) in [5, 5.41) is 0.991. The van der Waals surface area contributed by atoms with Crippen LogP contribution in [0.15, 0.2) is 18.2 Å². The molecule has 1 amide bonds. The summed E-state index contributed by atoms with van der Waals surface area (Å²) < 4.78 is 10.2. The Balaban J connectivity index is 1.27. The van der Waals surface area contributed by atoms with Crippen molar-refractivity contribution in [1.82, 2.24) is 14.3 Å². The molecule has 138 valence electrons. The van der Waals surface area contributed by atoms with Crippen LogP contribution in [-0.2, 0) is 4.79 Å². The van der Waals surface area contributed by atoms with Gasteiger partial charge >= 0.3 is 0 Å². The molecule has 6 nitrogen and oxygen atoms in total. The van der Waals surface area contributed by atoms with E-state index >= 15 is 0 Å². The second-order valence-corrected chi connectivity index (χ2v) is 7.92. The third-order valence-electron chi connectivity index (χ3n) is 4.83. The normalized spacial score (nSPS) is 17.5. The molecule has 1 aliphatic carbocycles. The first-order valence-corrected chi connectivity index (χ1v) is 9.93. The molecular formula is C19H24N4O2S. The standard InChI is InChI=1S/C19H24N4O2S/c1-13-9-14(2)11-16(10-13)25-12-17(24)22-5-7-23(8-6-22)19-20-18(21-26-19)15-3-4-15/h9-11,15H,3-8,12H2,1-2H3. The molecule has 0 atom stereocenters. The van der Waals surface area contributed by atoms with Crippen LogP contribution in [0.25, 0.3) is 0 Å². The lowest BCUT2D eigenvalue weighted by atomic mass is 10.1. The lowest BCUT2D eigenvalue weighted by Gasteiger charge is -2.34. The van der Waals surface area contributed by atoms with Crippen LogP contribution in [0.1, 0.15) is 35.7 Å². The molecular weight excluding hydrogens is 348 g/mol. The molecule has 4 rings (SSSR count). The van der Waals surface area contributed by atoms with Crippen LogP contribution >= 0.6 is 11.5 Å². The molecule has 0 unspecified atom stereocenters. The van der Waals surface area contributed by atoms with Crippen molar-refractivity contribution >= 4 is 22.6 Å². The Morgan fingerprint density at radius 3 is 2.50 bits per heavy atom. The van der Waals surface area contributed by atoms with Gasteiger partial charge in [0.2, 0.25) is 5.13 Å². The number of rotatable bonds is 5. The van der Waals surface area contributed by atoms with Crippen molar-refractivity contribution in [3.8, 4) is 5.75 Å². The predicted molar refractivity (Wildman–Crippen MR) is 102 cm³/mol. The van der Waals surface area contributed by atoms with E-state index in [0.717, 1.165) is 40.9 Å². The molecule has 1 aromatic carbocycles. The van der Waals surface area contributed by atoms with Crippen LogP contribution in [-0.4, -0.2) is 53.0 Å². The van der Waals surface area contributed by atoms with E-state index in [-0.39, 0.29) is 12.5 Å². The van der Waals surface area contributed by atoms with Gasteiger partial charge in [-0.25, -0.2) is 4.98 Å². The van der Waals surface area contributed by atoms with Gasteiger partial charge in [0.25, 0.3) is 5.91 Å². The minimum Gasteiger partial charge on any atom is -0.484 e. The van der Waals surface area contributed by atoms with E-state index in [1.165, 1.54) is 24.4 Å². The molecule has 2 aliphatic rings. The zero-order valence-corrected chi connectivity index (χ0v) is 16.1. The topological polar surface area (TPSA) is 58.6 Å². The summed E-state index contributed by atoms with van der Waals surface area (Å²) in [4.78, 5) is 21.2. The molecule has 26 heavy (non-hydrogen) atoms. The lowest BCUT2D eigenvalue weighted by molar-refractivity contribution is -0.133.